The van der Waals surface area contributed by atoms with Crippen molar-refractivity contribution >= 4 is 44.8 Å². The van der Waals surface area contributed by atoms with Gasteiger partial charge >= 0.3 is 0 Å². The maximum atomic E-state index is 12.7. The normalized spacial score (nSPS) is 15.2. The molecule has 0 saturated carbocycles. The van der Waals surface area contributed by atoms with E-state index in [2.05, 4.69) is 5.32 Å². The van der Waals surface area contributed by atoms with Gasteiger partial charge in [0.2, 0.25) is 10.0 Å². The minimum Gasteiger partial charge on any atom is -0.321 e. The van der Waals surface area contributed by atoms with Gasteiger partial charge in [-0.2, -0.15) is 4.31 Å². The maximum Gasteiger partial charge on any atom is 0.257 e. The summed E-state index contributed by atoms with van der Waals surface area (Å²) in [5, 5.41) is 3.25. The topological polar surface area (TPSA) is 66.5 Å². The first-order valence-corrected chi connectivity index (χ1v) is 10.4. The standard InChI is InChI=1S/C18H18Cl2N2O3S/c1-12-4-7-17(16(20)10-12)21-18(23)14-11-13(5-6-15(14)19)26(24,25)22-8-2-3-9-22/h4-7,10-11H,2-3,8-9H2,1H3,(H,21,23). The third-order valence-electron chi connectivity index (χ3n) is 4.26. The molecular weight excluding hydrogens is 395 g/mol. The molecule has 0 spiro atoms. The van der Waals surface area contributed by atoms with Crippen LogP contribution in [0, 0.1) is 6.92 Å². The fourth-order valence-corrected chi connectivity index (χ4v) is 4.86. The van der Waals surface area contributed by atoms with E-state index in [1.54, 1.807) is 12.1 Å². The molecule has 1 fully saturated rings. The Morgan fingerprint density at radius 2 is 1.73 bits per heavy atom. The zero-order valence-corrected chi connectivity index (χ0v) is 16.5. The zero-order valence-electron chi connectivity index (χ0n) is 14.1. The number of aryl methyl sites for hydroxylation is 1. The first-order valence-electron chi connectivity index (χ1n) is 8.16. The lowest BCUT2D eigenvalue weighted by Crippen LogP contribution is -2.28. The molecule has 0 atom stereocenters. The Morgan fingerprint density at radius 3 is 2.38 bits per heavy atom. The van der Waals surface area contributed by atoms with Crippen LogP contribution >= 0.6 is 23.2 Å². The summed E-state index contributed by atoms with van der Waals surface area (Å²) in [6.07, 6.45) is 1.68. The number of halogens is 2. The second-order valence-electron chi connectivity index (χ2n) is 6.19. The van der Waals surface area contributed by atoms with Crippen molar-refractivity contribution in [3.8, 4) is 0 Å². The predicted molar refractivity (Wildman–Crippen MR) is 104 cm³/mol. The van der Waals surface area contributed by atoms with Crippen LogP contribution in [0.1, 0.15) is 28.8 Å². The minimum atomic E-state index is -3.63. The van der Waals surface area contributed by atoms with E-state index in [0.29, 0.717) is 23.8 Å². The van der Waals surface area contributed by atoms with Gasteiger partial charge in [-0.3, -0.25) is 4.79 Å². The van der Waals surface area contributed by atoms with Crippen molar-refractivity contribution in [1.29, 1.82) is 0 Å². The summed E-state index contributed by atoms with van der Waals surface area (Å²) in [5.41, 5.74) is 1.49. The predicted octanol–water partition coefficient (Wildman–Crippen LogP) is 4.34. The monoisotopic (exact) mass is 412 g/mol. The molecule has 1 N–H and O–H groups in total. The van der Waals surface area contributed by atoms with Crippen molar-refractivity contribution in [2.45, 2.75) is 24.7 Å². The van der Waals surface area contributed by atoms with E-state index in [1.165, 1.54) is 22.5 Å². The van der Waals surface area contributed by atoms with Crippen LogP contribution in [0.5, 0.6) is 0 Å². The molecule has 138 valence electrons. The number of carbonyl (C=O) groups excluding carboxylic acids is 1. The number of sulfonamides is 1. The minimum absolute atomic E-state index is 0.0592. The Balaban J connectivity index is 1.91. The lowest BCUT2D eigenvalue weighted by Gasteiger charge is -2.16. The highest BCUT2D eigenvalue weighted by Crippen LogP contribution is 2.27. The van der Waals surface area contributed by atoms with E-state index in [1.807, 2.05) is 13.0 Å². The van der Waals surface area contributed by atoms with Gasteiger partial charge in [0.25, 0.3) is 5.91 Å². The van der Waals surface area contributed by atoms with Crippen molar-refractivity contribution in [2.24, 2.45) is 0 Å². The number of anilines is 1. The van der Waals surface area contributed by atoms with E-state index in [-0.39, 0.29) is 15.5 Å². The average Bonchev–Trinajstić information content (AvgIpc) is 3.13. The smallest absolute Gasteiger partial charge is 0.257 e. The van der Waals surface area contributed by atoms with E-state index in [9.17, 15) is 13.2 Å². The highest BCUT2D eigenvalue weighted by Gasteiger charge is 2.28. The lowest BCUT2D eigenvalue weighted by atomic mass is 10.2. The van der Waals surface area contributed by atoms with Crippen LogP contribution in [0.15, 0.2) is 41.3 Å². The molecule has 26 heavy (non-hydrogen) atoms. The molecule has 1 saturated heterocycles. The summed E-state index contributed by atoms with van der Waals surface area (Å²) in [6, 6.07) is 9.40. The number of benzene rings is 2. The molecule has 1 amide bonds. The van der Waals surface area contributed by atoms with Crippen molar-refractivity contribution in [2.75, 3.05) is 18.4 Å². The number of nitrogens with one attached hydrogen (secondary N) is 1. The number of carbonyl (C=O) groups is 1. The summed E-state index contributed by atoms with van der Waals surface area (Å²) >= 11 is 12.3. The molecule has 1 aliphatic heterocycles. The molecule has 0 aromatic heterocycles. The van der Waals surface area contributed by atoms with Gasteiger partial charge in [0.05, 0.1) is 26.2 Å². The molecule has 0 bridgehead atoms. The van der Waals surface area contributed by atoms with Crippen molar-refractivity contribution in [3.05, 3.63) is 57.6 Å². The second-order valence-corrected chi connectivity index (χ2v) is 8.94. The fraction of sp³-hybridized carbons (Fsp3) is 0.278. The lowest BCUT2D eigenvalue weighted by molar-refractivity contribution is 0.102. The average molecular weight is 413 g/mol. The van der Waals surface area contributed by atoms with Crippen LogP contribution in [0.4, 0.5) is 5.69 Å². The molecule has 2 aromatic carbocycles. The number of hydrogen-bond acceptors (Lipinski definition) is 3. The van der Waals surface area contributed by atoms with Gasteiger partial charge in [-0.1, -0.05) is 29.3 Å². The Hall–Kier alpha value is -1.60. The second kappa shape index (κ2) is 7.56. The van der Waals surface area contributed by atoms with Crippen LogP contribution in [0.25, 0.3) is 0 Å². The maximum absolute atomic E-state index is 12.7. The molecule has 0 aliphatic carbocycles. The Morgan fingerprint density at radius 1 is 1.04 bits per heavy atom. The van der Waals surface area contributed by atoms with Crippen LogP contribution in [0.2, 0.25) is 10.0 Å². The van der Waals surface area contributed by atoms with Gasteiger partial charge in [-0.05, 0) is 55.7 Å². The molecule has 1 heterocycles. The van der Waals surface area contributed by atoms with E-state index in [4.69, 9.17) is 23.2 Å². The first kappa shape index (κ1) is 19.2. The number of amides is 1. The zero-order chi connectivity index (χ0) is 18.9. The quantitative estimate of drug-likeness (QED) is 0.811. The summed E-state index contributed by atoms with van der Waals surface area (Å²) in [5.74, 6) is -0.515. The molecule has 8 heteroatoms. The Kier molecular flexibility index (Phi) is 5.58. The van der Waals surface area contributed by atoms with Crippen LogP contribution in [-0.2, 0) is 10.0 Å². The molecule has 1 aliphatic rings. The molecule has 0 unspecified atom stereocenters. The van der Waals surface area contributed by atoms with Crippen LogP contribution in [0.3, 0.4) is 0 Å². The van der Waals surface area contributed by atoms with Gasteiger partial charge < -0.3 is 5.32 Å². The number of hydrogen-bond donors (Lipinski definition) is 1. The first-order chi connectivity index (χ1) is 12.3. The van der Waals surface area contributed by atoms with Crippen molar-refractivity contribution in [3.63, 3.8) is 0 Å². The summed E-state index contributed by atoms with van der Waals surface area (Å²) in [6.45, 7) is 2.87. The van der Waals surface area contributed by atoms with E-state index >= 15 is 0 Å². The summed E-state index contributed by atoms with van der Waals surface area (Å²) in [4.78, 5) is 12.7. The highest BCUT2D eigenvalue weighted by molar-refractivity contribution is 7.89. The van der Waals surface area contributed by atoms with E-state index in [0.717, 1.165) is 18.4 Å². The van der Waals surface area contributed by atoms with Crippen molar-refractivity contribution in [1.82, 2.24) is 4.31 Å². The van der Waals surface area contributed by atoms with E-state index < -0.39 is 15.9 Å². The van der Waals surface area contributed by atoms with Gasteiger partial charge in [0.15, 0.2) is 0 Å². The third-order valence-corrected chi connectivity index (χ3v) is 6.79. The van der Waals surface area contributed by atoms with Gasteiger partial charge in [0, 0.05) is 13.1 Å². The van der Waals surface area contributed by atoms with Gasteiger partial charge in [-0.15, -0.1) is 0 Å². The molecule has 3 rings (SSSR count). The fourth-order valence-electron chi connectivity index (χ4n) is 2.83. The Bertz CT molecular complexity index is 955. The summed E-state index contributed by atoms with van der Waals surface area (Å²) < 4.78 is 26.8. The van der Waals surface area contributed by atoms with Crippen molar-refractivity contribution < 1.29 is 13.2 Å². The van der Waals surface area contributed by atoms with Gasteiger partial charge in [-0.25, -0.2) is 8.42 Å². The number of nitrogens with zero attached hydrogens (tertiary/aromatic N) is 1. The summed E-state index contributed by atoms with van der Waals surface area (Å²) in [7, 11) is -3.63. The molecule has 0 radical (unpaired) electrons. The SMILES string of the molecule is Cc1ccc(NC(=O)c2cc(S(=O)(=O)N3CCCC3)ccc2Cl)c(Cl)c1. The van der Waals surface area contributed by atoms with Gasteiger partial charge in [0.1, 0.15) is 0 Å². The molecular formula is C18H18Cl2N2O3S. The molecule has 5 nitrogen and oxygen atoms in total. The third kappa shape index (κ3) is 3.88. The van der Waals surface area contributed by atoms with Crippen LogP contribution in [-0.4, -0.2) is 31.7 Å². The van der Waals surface area contributed by atoms with Crippen LogP contribution < -0.4 is 5.32 Å². The highest BCUT2D eigenvalue weighted by atomic mass is 35.5. The number of rotatable bonds is 4. The largest absolute Gasteiger partial charge is 0.321 e. The Labute approximate surface area is 163 Å². The molecule has 2 aromatic rings.